The van der Waals surface area contributed by atoms with E-state index in [0.717, 1.165) is 18.4 Å². The van der Waals surface area contributed by atoms with Gasteiger partial charge in [-0.15, -0.1) is 0 Å². The number of benzene rings is 1. The number of halogens is 1. The van der Waals surface area contributed by atoms with Crippen LogP contribution in [0.2, 0.25) is 0 Å². The highest BCUT2D eigenvalue weighted by Crippen LogP contribution is 2.23. The van der Waals surface area contributed by atoms with Gasteiger partial charge < -0.3 is 10.4 Å². The van der Waals surface area contributed by atoms with Crippen molar-refractivity contribution in [2.45, 2.75) is 31.7 Å². The van der Waals surface area contributed by atoms with E-state index >= 15 is 0 Å². The van der Waals surface area contributed by atoms with Crippen molar-refractivity contribution in [3.05, 3.63) is 35.6 Å². The highest BCUT2D eigenvalue weighted by atomic mass is 19.1. The summed E-state index contributed by atoms with van der Waals surface area (Å²) in [5.41, 5.74) is 0.825. The van der Waals surface area contributed by atoms with Crippen molar-refractivity contribution in [3.8, 4) is 11.8 Å². The molecule has 2 N–H and O–H groups in total. The molecule has 2 unspecified atom stereocenters. The minimum Gasteiger partial charge on any atom is -0.396 e. The molecule has 0 bridgehead atoms. The van der Waals surface area contributed by atoms with Crippen molar-refractivity contribution in [2.24, 2.45) is 5.92 Å². The lowest BCUT2D eigenvalue weighted by atomic mass is 9.85. The van der Waals surface area contributed by atoms with Crippen LogP contribution in [-0.2, 0) is 0 Å². The second-order valence-corrected chi connectivity index (χ2v) is 5.02. The zero-order valence-corrected chi connectivity index (χ0v) is 11.0. The first-order chi connectivity index (χ1) is 9.29. The Morgan fingerprint density at radius 3 is 2.68 bits per heavy atom. The summed E-state index contributed by atoms with van der Waals surface area (Å²) >= 11 is 0. The molecular weight excluding hydrogens is 241 g/mol. The first-order valence-corrected chi connectivity index (χ1v) is 6.88. The molecule has 1 aromatic carbocycles. The van der Waals surface area contributed by atoms with Gasteiger partial charge in [0.1, 0.15) is 5.82 Å². The molecule has 0 heterocycles. The molecule has 0 aromatic heterocycles. The van der Waals surface area contributed by atoms with E-state index in [4.69, 9.17) is 0 Å². The Morgan fingerprint density at radius 1 is 1.21 bits per heavy atom. The van der Waals surface area contributed by atoms with Gasteiger partial charge in [-0.25, -0.2) is 4.39 Å². The molecule has 1 aliphatic carbocycles. The number of aliphatic hydroxyl groups excluding tert-OH is 1. The largest absolute Gasteiger partial charge is 0.396 e. The van der Waals surface area contributed by atoms with Crippen LogP contribution in [0.1, 0.15) is 31.2 Å². The third-order valence-corrected chi connectivity index (χ3v) is 3.67. The van der Waals surface area contributed by atoms with Crippen LogP contribution in [0.5, 0.6) is 0 Å². The Kier molecular flexibility index (Phi) is 5.38. The SMILES string of the molecule is OCC1CCCCC1NCC#Cc1ccc(F)cc1. The number of hydrogen-bond donors (Lipinski definition) is 2. The summed E-state index contributed by atoms with van der Waals surface area (Å²) in [5.74, 6) is 6.17. The van der Waals surface area contributed by atoms with Crippen LogP contribution in [0.25, 0.3) is 0 Å². The van der Waals surface area contributed by atoms with Crippen LogP contribution in [0, 0.1) is 23.6 Å². The first kappa shape index (κ1) is 14.0. The minimum atomic E-state index is -0.239. The maximum absolute atomic E-state index is 12.7. The summed E-state index contributed by atoms with van der Waals surface area (Å²) < 4.78 is 12.7. The Morgan fingerprint density at radius 2 is 1.95 bits per heavy atom. The molecule has 19 heavy (non-hydrogen) atoms. The summed E-state index contributed by atoms with van der Waals surface area (Å²) in [7, 11) is 0. The molecule has 2 nitrogen and oxygen atoms in total. The van der Waals surface area contributed by atoms with Crippen molar-refractivity contribution >= 4 is 0 Å². The molecule has 1 saturated carbocycles. The van der Waals surface area contributed by atoms with Gasteiger partial charge in [-0.3, -0.25) is 0 Å². The molecule has 0 amide bonds. The Bertz CT molecular complexity index is 446. The maximum atomic E-state index is 12.7. The van der Waals surface area contributed by atoms with Gasteiger partial charge in [0, 0.05) is 18.2 Å². The monoisotopic (exact) mass is 261 g/mol. The summed E-state index contributed by atoms with van der Waals surface area (Å²) in [5, 5.41) is 12.7. The minimum absolute atomic E-state index is 0.239. The van der Waals surface area contributed by atoms with Crippen LogP contribution in [0.4, 0.5) is 4.39 Å². The molecule has 1 fully saturated rings. The molecule has 102 valence electrons. The van der Waals surface area contributed by atoms with Crippen molar-refractivity contribution in [3.63, 3.8) is 0 Å². The van der Waals surface area contributed by atoms with Gasteiger partial charge in [-0.05, 0) is 43.0 Å². The molecule has 2 atom stereocenters. The van der Waals surface area contributed by atoms with Crippen molar-refractivity contribution in [2.75, 3.05) is 13.2 Å². The highest BCUT2D eigenvalue weighted by molar-refractivity contribution is 5.34. The third-order valence-electron chi connectivity index (χ3n) is 3.67. The van der Waals surface area contributed by atoms with Crippen molar-refractivity contribution < 1.29 is 9.50 Å². The number of hydrogen-bond acceptors (Lipinski definition) is 2. The molecule has 1 aromatic rings. The van der Waals surface area contributed by atoms with E-state index in [1.807, 2.05) is 0 Å². The van der Waals surface area contributed by atoms with E-state index in [2.05, 4.69) is 17.2 Å². The maximum Gasteiger partial charge on any atom is 0.123 e. The van der Waals surface area contributed by atoms with Crippen LogP contribution in [0.15, 0.2) is 24.3 Å². The summed E-state index contributed by atoms with van der Waals surface area (Å²) in [6, 6.07) is 6.57. The molecule has 0 saturated heterocycles. The first-order valence-electron chi connectivity index (χ1n) is 6.88. The van der Waals surface area contributed by atoms with Gasteiger partial charge in [0.25, 0.3) is 0 Å². The third kappa shape index (κ3) is 4.34. The van der Waals surface area contributed by atoms with Crippen LogP contribution in [0.3, 0.4) is 0 Å². The van der Waals surface area contributed by atoms with E-state index in [-0.39, 0.29) is 12.4 Å². The predicted octanol–water partition coefficient (Wildman–Crippen LogP) is 2.32. The van der Waals surface area contributed by atoms with E-state index in [9.17, 15) is 9.50 Å². The molecule has 3 heteroatoms. The van der Waals surface area contributed by atoms with E-state index in [1.165, 1.54) is 25.0 Å². The summed E-state index contributed by atoms with van der Waals surface area (Å²) in [6.07, 6.45) is 4.65. The Hall–Kier alpha value is -1.37. The van der Waals surface area contributed by atoms with Gasteiger partial charge in [-0.2, -0.15) is 0 Å². The Balaban J connectivity index is 1.81. The molecule has 0 radical (unpaired) electrons. The van der Waals surface area contributed by atoms with Gasteiger partial charge in [-0.1, -0.05) is 24.7 Å². The van der Waals surface area contributed by atoms with Crippen molar-refractivity contribution in [1.29, 1.82) is 0 Å². The normalized spacial score (nSPS) is 22.6. The topological polar surface area (TPSA) is 32.3 Å². The lowest BCUT2D eigenvalue weighted by Gasteiger charge is -2.30. The average molecular weight is 261 g/mol. The molecule has 1 aliphatic rings. The van der Waals surface area contributed by atoms with Gasteiger partial charge in [0.15, 0.2) is 0 Å². The van der Waals surface area contributed by atoms with Crippen LogP contribution >= 0.6 is 0 Å². The molecule has 2 rings (SSSR count). The van der Waals surface area contributed by atoms with Gasteiger partial charge in [0.2, 0.25) is 0 Å². The van der Waals surface area contributed by atoms with Gasteiger partial charge in [0.05, 0.1) is 6.54 Å². The predicted molar refractivity (Wildman–Crippen MR) is 74.1 cm³/mol. The second-order valence-electron chi connectivity index (χ2n) is 5.02. The smallest absolute Gasteiger partial charge is 0.123 e. The fraction of sp³-hybridized carbons (Fsp3) is 0.500. The second kappa shape index (κ2) is 7.28. The van der Waals surface area contributed by atoms with E-state index < -0.39 is 0 Å². The zero-order chi connectivity index (χ0) is 13.5. The van der Waals surface area contributed by atoms with E-state index in [1.54, 1.807) is 12.1 Å². The van der Waals surface area contributed by atoms with Crippen LogP contribution < -0.4 is 5.32 Å². The molecular formula is C16H20FNO. The lowest BCUT2D eigenvalue weighted by molar-refractivity contribution is 0.155. The van der Waals surface area contributed by atoms with Gasteiger partial charge >= 0.3 is 0 Å². The zero-order valence-electron chi connectivity index (χ0n) is 11.0. The fourth-order valence-corrected chi connectivity index (χ4v) is 2.56. The van der Waals surface area contributed by atoms with Crippen molar-refractivity contribution in [1.82, 2.24) is 5.32 Å². The number of rotatable bonds is 3. The standard InChI is InChI=1S/C16H20FNO/c17-15-9-7-13(8-10-15)4-3-11-18-16-6-2-1-5-14(16)12-19/h7-10,14,16,18-19H,1-2,5-6,11-12H2. The highest BCUT2D eigenvalue weighted by Gasteiger charge is 2.23. The molecule has 0 spiro atoms. The lowest BCUT2D eigenvalue weighted by Crippen LogP contribution is -2.40. The Labute approximate surface area is 114 Å². The fourth-order valence-electron chi connectivity index (χ4n) is 2.56. The van der Waals surface area contributed by atoms with E-state index in [0.29, 0.717) is 18.5 Å². The number of nitrogens with one attached hydrogen (secondary N) is 1. The summed E-state index contributed by atoms with van der Waals surface area (Å²) in [4.78, 5) is 0. The quantitative estimate of drug-likeness (QED) is 0.818. The summed E-state index contributed by atoms with van der Waals surface area (Å²) in [6.45, 7) is 0.863. The molecule has 0 aliphatic heterocycles. The average Bonchev–Trinajstić information content (AvgIpc) is 2.46. The number of aliphatic hydroxyl groups is 1. The van der Waals surface area contributed by atoms with Crippen LogP contribution in [-0.4, -0.2) is 24.3 Å².